The second kappa shape index (κ2) is 4.22. The van der Waals surface area contributed by atoms with Crippen molar-refractivity contribution in [3.63, 3.8) is 0 Å². The van der Waals surface area contributed by atoms with Gasteiger partial charge in [-0.05, 0) is 12.3 Å². The number of alkyl halides is 1. The minimum atomic E-state index is -0.171. The third kappa shape index (κ3) is 4.47. The third-order valence-corrected chi connectivity index (χ3v) is 1.15. The molecule has 0 rings (SSSR count). The molecule has 0 heterocycles. The molecule has 1 N–H and O–H groups in total. The zero-order valence-corrected chi connectivity index (χ0v) is 6.02. The van der Waals surface area contributed by atoms with E-state index in [2.05, 4.69) is 13.8 Å². The summed E-state index contributed by atoms with van der Waals surface area (Å²) in [7, 11) is 1.03. The Bertz CT molecular complexity index is 58.4. The second-order valence-corrected chi connectivity index (χ2v) is 2.86. The first kappa shape index (κ1) is 8.31. The van der Waals surface area contributed by atoms with Crippen molar-refractivity contribution in [2.75, 3.05) is 0 Å². The Labute approximate surface area is 56.3 Å². The molecular formula is C5H11BClO. The molecule has 0 fully saturated rings. The molecule has 1 radical (unpaired) electrons. The van der Waals surface area contributed by atoms with Crippen LogP contribution in [0.1, 0.15) is 20.3 Å². The highest BCUT2D eigenvalue weighted by Gasteiger charge is 2.06. The summed E-state index contributed by atoms with van der Waals surface area (Å²) in [5.74, 6) is 0.556. The molecule has 0 amide bonds. The largest absolute Gasteiger partial charge is 0.453 e. The van der Waals surface area contributed by atoms with Gasteiger partial charge in [0.05, 0.1) is 0 Å². The van der Waals surface area contributed by atoms with E-state index < -0.39 is 0 Å². The van der Waals surface area contributed by atoms with E-state index in [0.29, 0.717) is 5.92 Å². The lowest BCUT2D eigenvalue weighted by molar-refractivity contribution is 0.557. The molecular weight excluding hydrogens is 122 g/mol. The van der Waals surface area contributed by atoms with Gasteiger partial charge < -0.3 is 5.02 Å². The van der Waals surface area contributed by atoms with Crippen molar-refractivity contribution in [2.24, 2.45) is 5.92 Å². The average Bonchev–Trinajstić information content (AvgIpc) is 1.65. The molecule has 0 saturated carbocycles. The van der Waals surface area contributed by atoms with Crippen molar-refractivity contribution in [3.05, 3.63) is 0 Å². The van der Waals surface area contributed by atoms with Crippen LogP contribution in [0.25, 0.3) is 0 Å². The van der Waals surface area contributed by atoms with Crippen molar-refractivity contribution in [3.8, 4) is 0 Å². The topological polar surface area (TPSA) is 20.2 Å². The first-order valence-corrected chi connectivity index (χ1v) is 3.22. The van der Waals surface area contributed by atoms with Gasteiger partial charge in [-0.1, -0.05) is 13.8 Å². The fraction of sp³-hybridized carbons (Fsp3) is 1.00. The minimum absolute atomic E-state index is 0.171. The molecule has 0 aromatic carbocycles. The van der Waals surface area contributed by atoms with Gasteiger partial charge in [-0.2, -0.15) is 0 Å². The third-order valence-electron chi connectivity index (χ3n) is 0.858. The van der Waals surface area contributed by atoms with Gasteiger partial charge in [0.1, 0.15) is 0 Å². The maximum Gasteiger partial charge on any atom is 0.306 e. The van der Waals surface area contributed by atoms with E-state index >= 15 is 0 Å². The molecule has 0 aliphatic heterocycles. The predicted octanol–water partition coefficient (Wildman–Crippen LogP) is 1.21. The van der Waals surface area contributed by atoms with Gasteiger partial charge in [0.25, 0.3) is 0 Å². The van der Waals surface area contributed by atoms with E-state index in [1.807, 2.05) is 0 Å². The molecule has 1 unspecified atom stereocenters. The summed E-state index contributed by atoms with van der Waals surface area (Å²) in [6.45, 7) is 4.14. The van der Waals surface area contributed by atoms with Crippen molar-refractivity contribution >= 4 is 19.1 Å². The molecule has 0 aromatic rings. The van der Waals surface area contributed by atoms with E-state index in [-0.39, 0.29) is 5.28 Å². The van der Waals surface area contributed by atoms with Gasteiger partial charge in [-0.3, -0.25) is 0 Å². The summed E-state index contributed by atoms with van der Waals surface area (Å²) >= 11 is 5.55. The maximum absolute atomic E-state index is 8.33. The van der Waals surface area contributed by atoms with E-state index in [1.54, 1.807) is 0 Å². The van der Waals surface area contributed by atoms with Gasteiger partial charge in [0.15, 0.2) is 0 Å². The van der Waals surface area contributed by atoms with Crippen LogP contribution in [0.15, 0.2) is 0 Å². The monoisotopic (exact) mass is 133 g/mol. The van der Waals surface area contributed by atoms with E-state index in [4.69, 9.17) is 16.6 Å². The first-order valence-electron chi connectivity index (χ1n) is 2.78. The van der Waals surface area contributed by atoms with Crippen LogP contribution in [-0.4, -0.2) is 17.8 Å². The van der Waals surface area contributed by atoms with Gasteiger partial charge in [-0.25, -0.2) is 0 Å². The highest BCUT2D eigenvalue weighted by molar-refractivity contribution is 6.47. The van der Waals surface area contributed by atoms with E-state index in [9.17, 15) is 0 Å². The summed E-state index contributed by atoms with van der Waals surface area (Å²) in [4.78, 5) is 0. The summed E-state index contributed by atoms with van der Waals surface area (Å²) in [5.41, 5.74) is 0. The van der Waals surface area contributed by atoms with Crippen molar-refractivity contribution in [1.29, 1.82) is 0 Å². The Morgan fingerprint density at radius 2 is 2.12 bits per heavy atom. The highest BCUT2D eigenvalue weighted by Crippen LogP contribution is 2.07. The summed E-state index contributed by atoms with van der Waals surface area (Å²) < 4.78 is 0. The van der Waals surface area contributed by atoms with Crippen molar-refractivity contribution in [2.45, 2.75) is 25.5 Å². The molecule has 1 nitrogen and oxygen atoms in total. The fourth-order valence-corrected chi connectivity index (χ4v) is 0.868. The highest BCUT2D eigenvalue weighted by atomic mass is 35.5. The van der Waals surface area contributed by atoms with Crippen molar-refractivity contribution < 1.29 is 5.02 Å². The molecule has 1 atom stereocenters. The Kier molecular flexibility index (Phi) is 4.39. The van der Waals surface area contributed by atoms with Crippen LogP contribution in [0.3, 0.4) is 0 Å². The molecule has 0 bridgehead atoms. The molecule has 3 heteroatoms. The maximum atomic E-state index is 8.33. The molecule has 0 spiro atoms. The van der Waals surface area contributed by atoms with Crippen LogP contribution in [0.2, 0.25) is 0 Å². The summed E-state index contributed by atoms with van der Waals surface area (Å²) in [5, 5.41) is 8.16. The second-order valence-electron chi connectivity index (χ2n) is 2.29. The Hall–Kier alpha value is 0.315. The summed E-state index contributed by atoms with van der Waals surface area (Å²) in [6.07, 6.45) is 0.845. The predicted molar refractivity (Wildman–Crippen MR) is 37.1 cm³/mol. The Morgan fingerprint density at radius 3 is 2.25 bits per heavy atom. The van der Waals surface area contributed by atoms with Crippen LogP contribution in [-0.2, 0) is 0 Å². The van der Waals surface area contributed by atoms with Gasteiger partial charge in [-0.15, -0.1) is 11.6 Å². The molecule has 0 aliphatic carbocycles. The van der Waals surface area contributed by atoms with Crippen LogP contribution >= 0.6 is 11.6 Å². The quantitative estimate of drug-likeness (QED) is 0.453. The molecule has 0 aliphatic rings. The number of hydrogen-bond acceptors (Lipinski definition) is 1. The first-order chi connectivity index (χ1) is 3.66. The molecule has 0 aromatic heterocycles. The van der Waals surface area contributed by atoms with E-state index in [0.717, 1.165) is 13.9 Å². The molecule has 47 valence electrons. The normalized spacial score (nSPS) is 14.1. The van der Waals surface area contributed by atoms with Crippen LogP contribution in [0.5, 0.6) is 0 Å². The number of rotatable bonds is 3. The minimum Gasteiger partial charge on any atom is -0.453 e. The zero-order valence-electron chi connectivity index (χ0n) is 5.26. The number of hydrogen-bond donors (Lipinski definition) is 1. The smallest absolute Gasteiger partial charge is 0.306 e. The van der Waals surface area contributed by atoms with E-state index in [1.165, 1.54) is 0 Å². The van der Waals surface area contributed by atoms with Crippen LogP contribution in [0.4, 0.5) is 0 Å². The van der Waals surface area contributed by atoms with Gasteiger partial charge in [0, 0.05) is 5.28 Å². The zero-order chi connectivity index (χ0) is 6.57. The molecule has 8 heavy (non-hydrogen) atoms. The lowest BCUT2D eigenvalue weighted by atomic mass is 9.89. The van der Waals surface area contributed by atoms with Crippen molar-refractivity contribution in [1.82, 2.24) is 0 Å². The van der Waals surface area contributed by atoms with Gasteiger partial charge >= 0.3 is 7.48 Å². The Morgan fingerprint density at radius 1 is 1.62 bits per heavy atom. The fourth-order valence-electron chi connectivity index (χ4n) is 0.511. The Balaban J connectivity index is 3.10. The average molecular weight is 133 g/mol. The van der Waals surface area contributed by atoms with Crippen LogP contribution in [0, 0.1) is 5.92 Å². The van der Waals surface area contributed by atoms with Gasteiger partial charge in [0.2, 0.25) is 0 Å². The van der Waals surface area contributed by atoms with Crippen LogP contribution < -0.4 is 0 Å². The standard InChI is InChI=1S/C5H11BClO/c1-4(2)3-5(7)6-8/h4-5,8H,3H2,1-2H3. The SMILES string of the molecule is CC(C)CC(Cl)[B]O. The summed E-state index contributed by atoms with van der Waals surface area (Å²) in [6, 6.07) is 0. The number of halogens is 1. The lowest BCUT2D eigenvalue weighted by Crippen LogP contribution is -2.11. The molecule has 0 saturated heterocycles. The lowest BCUT2D eigenvalue weighted by Gasteiger charge is -2.05.